The molecular weight excluding hydrogens is 238 g/mol. The minimum Gasteiger partial charge on any atom is -0.466 e. The fourth-order valence-electron chi connectivity index (χ4n) is 2.28. The van der Waals surface area contributed by atoms with E-state index < -0.39 is 5.41 Å². The predicted octanol–water partition coefficient (Wildman–Crippen LogP) is 2.76. The molecule has 3 nitrogen and oxygen atoms in total. The van der Waals surface area contributed by atoms with Gasteiger partial charge in [0, 0.05) is 6.54 Å². The van der Waals surface area contributed by atoms with Crippen molar-refractivity contribution in [2.75, 3.05) is 13.2 Å². The summed E-state index contributed by atoms with van der Waals surface area (Å²) >= 11 is 0. The van der Waals surface area contributed by atoms with Crippen molar-refractivity contribution < 1.29 is 9.53 Å². The number of ether oxygens (including phenoxy) is 1. The molecule has 1 atom stereocenters. The summed E-state index contributed by atoms with van der Waals surface area (Å²) in [6.07, 6.45) is 1.34. The molecule has 0 bridgehead atoms. The van der Waals surface area contributed by atoms with Crippen LogP contribution in [0.3, 0.4) is 0 Å². The summed E-state index contributed by atoms with van der Waals surface area (Å²) in [5, 5.41) is 0. The number of esters is 1. The van der Waals surface area contributed by atoms with Gasteiger partial charge < -0.3 is 10.5 Å². The zero-order valence-electron chi connectivity index (χ0n) is 12.5. The lowest BCUT2D eigenvalue weighted by molar-refractivity contribution is -0.155. The van der Waals surface area contributed by atoms with Gasteiger partial charge in [0.1, 0.15) is 0 Å². The first-order valence-corrected chi connectivity index (χ1v) is 6.92. The summed E-state index contributed by atoms with van der Waals surface area (Å²) in [4.78, 5) is 12.2. The highest BCUT2D eigenvalue weighted by molar-refractivity contribution is 5.77. The van der Waals surface area contributed by atoms with E-state index in [1.165, 1.54) is 16.7 Å². The van der Waals surface area contributed by atoms with E-state index in [4.69, 9.17) is 10.5 Å². The number of benzene rings is 1. The molecule has 0 fully saturated rings. The molecule has 0 saturated heterocycles. The third-order valence-corrected chi connectivity index (χ3v) is 3.81. The number of nitrogens with two attached hydrogens (primary N) is 1. The lowest BCUT2D eigenvalue weighted by atomic mass is 9.78. The average molecular weight is 263 g/mol. The first-order valence-electron chi connectivity index (χ1n) is 6.92. The van der Waals surface area contributed by atoms with Crippen LogP contribution in [0.4, 0.5) is 0 Å². The molecule has 2 N–H and O–H groups in total. The highest BCUT2D eigenvalue weighted by Crippen LogP contribution is 2.29. The first-order chi connectivity index (χ1) is 8.99. The van der Waals surface area contributed by atoms with Crippen molar-refractivity contribution in [2.45, 2.75) is 40.5 Å². The lowest BCUT2D eigenvalue weighted by Crippen LogP contribution is -2.41. The average Bonchev–Trinajstić information content (AvgIpc) is 2.40. The van der Waals surface area contributed by atoms with Gasteiger partial charge in [-0.3, -0.25) is 4.79 Å². The van der Waals surface area contributed by atoms with Gasteiger partial charge in [0.15, 0.2) is 0 Å². The van der Waals surface area contributed by atoms with Crippen LogP contribution in [0.1, 0.15) is 37.0 Å². The molecule has 19 heavy (non-hydrogen) atoms. The molecule has 1 aromatic carbocycles. The van der Waals surface area contributed by atoms with Gasteiger partial charge in [-0.05, 0) is 44.7 Å². The van der Waals surface area contributed by atoms with Gasteiger partial charge in [-0.15, -0.1) is 0 Å². The SMILES string of the molecule is CCOC(=O)C(CC)(CN)Cc1cc(C)ccc1C. The standard InChI is InChI=1S/C16H25NO2/c1-5-16(11-17,15(18)19-6-2)10-14-9-12(3)7-8-13(14)4/h7-9H,5-6,10-11,17H2,1-4H3. The van der Waals surface area contributed by atoms with Gasteiger partial charge in [0.2, 0.25) is 0 Å². The zero-order chi connectivity index (χ0) is 14.5. The van der Waals surface area contributed by atoms with Crippen molar-refractivity contribution in [3.05, 3.63) is 34.9 Å². The van der Waals surface area contributed by atoms with E-state index in [9.17, 15) is 4.79 Å². The van der Waals surface area contributed by atoms with Crippen molar-refractivity contribution in [2.24, 2.45) is 11.1 Å². The van der Waals surface area contributed by atoms with Crippen LogP contribution in [0.25, 0.3) is 0 Å². The van der Waals surface area contributed by atoms with Gasteiger partial charge in [-0.1, -0.05) is 30.7 Å². The molecule has 0 spiro atoms. The van der Waals surface area contributed by atoms with Gasteiger partial charge in [-0.2, -0.15) is 0 Å². The van der Waals surface area contributed by atoms with Crippen LogP contribution >= 0.6 is 0 Å². The maximum absolute atomic E-state index is 12.2. The normalized spacial score (nSPS) is 13.9. The Hall–Kier alpha value is -1.35. The molecule has 0 aromatic heterocycles. The molecule has 0 aliphatic heterocycles. The number of carbonyl (C=O) groups excluding carboxylic acids is 1. The number of hydrogen-bond acceptors (Lipinski definition) is 3. The van der Waals surface area contributed by atoms with E-state index in [-0.39, 0.29) is 5.97 Å². The molecule has 0 radical (unpaired) electrons. The van der Waals surface area contributed by atoms with E-state index in [0.29, 0.717) is 26.0 Å². The molecule has 1 aromatic rings. The quantitative estimate of drug-likeness (QED) is 0.803. The highest BCUT2D eigenvalue weighted by atomic mass is 16.5. The molecule has 3 heteroatoms. The summed E-state index contributed by atoms with van der Waals surface area (Å²) in [6, 6.07) is 6.31. The van der Waals surface area contributed by atoms with Crippen LogP contribution in [0, 0.1) is 19.3 Å². The molecular formula is C16H25NO2. The molecule has 106 valence electrons. The molecule has 0 aliphatic rings. The fourth-order valence-corrected chi connectivity index (χ4v) is 2.28. The van der Waals surface area contributed by atoms with Crippen LogP contribution < -0.4 is 5.73 Å². The van der Waals surface area contributed by atoms with Crippen LogP contribution in [0.5, 0.6) is 0 Å². The van der Waals surface area contributed by atoms with Gasteiger partial charge in [0.25, 0.3) is 0 Å². The number of rotatable bonds is 6. The number of hydrogen-bond donors (Lipinski definition) is 1. The number of carbonyl (C=O) groups is 1. The summed E-state index contributed by atoms with van der Waals surface area (Å²) in [5.74, 6) is -0.180. The maximum Gasteiger partial charge on any atom is 0.313 e. The van der Waals surface area contributed by atoms with Gasteiger partial charge in [-0.25, -0.2) is 0 Å². The first kappa shape index (κ1) is 15.7. The molecule has 0 heterocycles. The summed E-state index contributed by atoms with van der Waals surface area (Å²) in [7, 11) is 0. The monoisotopic (exact) mass is 263 g/mol. The molecule has 1 unspecified atom stereocenters. The largest absolute Gasteiger partial charge is 0.466 e. The third-order valence-electron chi connectivity index (χ3n) is 3.81. The Labute approximate surface area is 116 Å². The molecule has 0 aliphatic carbocycles. The number of aryl methyl sites for hydroxylation is 2. The summed E-state index contributed by atoms with van der Waals surface area (Å²) in [5.41, 5.74) is 8.86. The Morgan fingerprint density at radius 3 is 2.53 bits per heavy atom. The summed E-state index contributed by atoms with van der Waals surface area (Å²) < 4.78 is 5.21. The highest BCUT2D eigenvalue weighted by Gasteiger charge is 2.37. The summed E-state index contributed by atoms with van der Waals surface area (Å²) in [6.45, 7) is 8.66. The van der Waals surface area contributed by atoms with Gasteiger partial charge >= 0.3 is 5.97 Å². The van der Waals surface area contributed by atoms with E-state index in [0.717, 1.165) is 0 Å². The lowest BCUT2D eigenvalue weighted by Gasteiger charge is -2.29. The second kappa shape index (κ2) is 6.71. The molecule has 0 amide bonds. The Balaban J connectivity index is 3.07. The maximum atomic E-state index is 12.2. The Morgan fingerprint density at radius 2 is 2.00 bits per heavy atom. The van der Waals surface area contributed by atoms with Crippen LogP contribution in [-0.4, -0.2) is 19.1 Å². The second-order valence-corrected chi connectivity index (χ2v) is 5.17. The fraction of sp³-hybridized carbons (Fsp3) is 0.562. The zero-order valence-corrected chi connectivity index (χ0v) is 12.5. The smallest absolute Gasteiger partial charge is 0.313 e. The Kier molecular flexibility index (Phi) is 5.55. The van der Waals surface area contributed by atoms with Crippen molar-refractivity contribution in [3.63, 3.8) is 0 Å². The van der Waals surface area contributed by atoms with Crippen LogP contribution in [0.2, 0.25) is 0 Å². The Morgan fingerprint density at radius 1 is 1.32 bits per heavy atom. The molecule has 0 saturated carbocycles. The van der Waals surface area contributed by atoms with Crippen molar-refractivity contribution >= 4 is 5.97 Å². The van der Waals surface area contributed by atoms with Crippen molar-refractivity contribution in [1.82, 2.24) is 0 Å². The second-order valence-electron chi connectivity index (χ2n) is 5.17. The minimum absolute atomic E-state index is 0.180. The minimum atomic E-state index is -0.603. The van der Waals surface area contributed by atoms with E-state index in [2.05, 4.69) is 32.0 Å². The van der Waals surface area contributed by atoms with Crippen molar-refractivity contribution in [1.29, 1.82) is 0 Å². The topological polar surface area (TPSA) is 52.3 Å². The van der Waals surface area contributed by atoms with Crippen LogP contribution in [0.15, 0.2) is 18.2 Å². The van der Waals surface area contributed by atoms with Crippen molar-refractivity contribution in [3.8, 4) is 0 Å². The van der Waals surface area contributed by atoms with Crippen LogP contribution in [-0.2, 0) is 16.0 Å². The van der Waals surface area contributed by atoms with E-state index in [1.807, 2.05) is 13.8 Å². The van der Waals surface area contributed by atoms with E-state index in [1.54, 1.807) is 0 Å². The third kappa shape index (κ3) is 3.57. The van der Waals surface area contributed by atoms with E-state index >= 15 is 0 Å². The predicted molar refractivity (Wildman–Crippen MR) is 78.0 cm³/mol. The Bertz CT molecular complexity index is 436. The molecule has 1 rings (SSSR count). The van der Waals surface area contributed by atoms with Gasteiger partial charge in [0.05, 0.1) is 12.0 Å².